The van der Waals surface area contributed by atoms with Gasteiger partial charge >= 0.3 is 0 Å². The monoisotopic (exact) mass is 340 g/mol. The van der Waals surface area contributed by atoms with E-state index in [1.54, 1.807) is 19.4 Å². The van der Waals surface area contributed by atoms with Crippen molar-refractivity contribution in [3.8, 4) is 46.3 Å². The summed E-state index contributed by atoms with van der Waals surface area (Å²) in [5.41, 5.74) is 5.37. The number of hydrogen-bond donors (Lipinski definition) is 0. The Morgan fingerprint density at radius 3 is 1.85 bits per heavy atom. The first-order valence-electron chi connectivity index (χ1n) is 8.07. The van der Waals surface area contributed by atoms with E-state index in [0.29, 0.717) is 17.1 Å². The lowest BCUT2D eigenvalue weighted by molar-refractivity contribution is 0.475. The maximum atomic E-state index is 9.02. The smallest absolute Gasteiger partial charge is 0.292 e. The fourth-order valence-electron chi connectivity index (χ4n) is 3.02. The minimum atomic E-state index is 0.399. The second-order valence-electron chi connectivity index (χ2n) is 5.85. The van der Waals surface area contributed by atoms with Crippen molar-refractivity contribution in [2.45, 2.75) is 13.8 Å². The molecular formula is C22H16N2O2. The molecule has 3 rings (SSSR count). The van der Waals surface area contributed by atoms with Crippen LogP contribution in [-0.4, -0.2) is 0 Å². The third kappa shape index (κ3) is 3.22. The minimum absolute atomic E-state index is 0.399. The van der Waals surface area contributed by atoms with Crippen molar-refractivity contribution in [1.82, 2.24) is 0 Å². The molecule has 0 radical (unpaired) electrons. The van der Waals surface area contributed by atoms with Crippen LogP contribution in [0.15, 0.2) is 60.7 Å². The van der Waals surface area contributed by atoms with Gasteiger partial charge in [0.2, 0.25) is 0 Å². The molecule has 0 aliphatic heterocycles. The number of aryl methyl sites for hydroxylation is 1. The summed E-state index contributed by atoms with van der Waals surface area (Å²) in [4.78, 5) is 0. The van der Waals surface area contributed by atoms with Crippen molar-refractivity contribution >= 4 is 0 Å². The maximum Gasteiger partial charge on any atom is 0.292 e. The number of benzene rings is 3. The molecule has 0 aromatic heterocycles. The van der Waals surface area contributed by atoms with Gasteiger partial charge in [-0.1, -0.05) is 54.6 Å². The molecule has 0 fully saturated rings. The zero-order valence-electron chi connectivity index (χ0n) is 14.5. The third-order valence-corrected chi connectivity index (χ3v) is 4.24. The minimum Gasteiger partial charge on any atom is -0.387 e. The zero-order chi connectivity index (χ0) is 18.5. The topological polar surface area (TPSA) is 66.0 Å². The van der Waals surface area contributed by atoms with Crippen molar-refractivity contribution in [3.63, 3.8) is 0 Å². The van der Waals surface area contributed by atoms with Gasteiger partial charge in [-0.2, -0.15) is 0 Å². The molecule has 0 N–H and O–H groups in total. The van der Waals surface area contributed by atoms with E-state index in [9.17, 15) is 0 Å². The van der Waals surface area contributed by atoms with Crippen LogP contribution in [0.1, 0.15) is 11.1 Å². The van der Waals surface area contributed by atoms with Gasteiger partial charge in [0.1, 0.15) is 0 Å². The highest BCUT2D eigenvalue weighted by molar-refractivity contribution is 5.77. The van der Waals surface area contributed by atoms with Crippen LogP contribution in [0.2, 0.25) is 0 Å². The van der Waals surface area contributed by atoms with E-state index >= 15 is 0 Å². The molecule has 3 aromatic carbocycles. The molecule has 0 atom stereocenters. The summed E-state index contributed by atoms with van der Waals surface area (Å²) in [5, 5.41) is 17.9. The first kappa shape index (κ1) is 17.1. The van der Waals surface area contributed by atoms with Gasteiger partial charge < -0.3 is 9.47 Å². The van der Waals surface area contributed by atoms with E-state index in [1.165, 1.54) is 0 Å². The molecule has 3 aromatic rings. The SMILES string of the molecule is Cc1cc(-c2ccc(-c3ccccc3)cc2)c(OC#N)c(C)c1OC#N. The van der Waals surface area contributed by atoms with E-state index in [-0.39, 0.29) is 0 Å². The Balaban J connectivity index is 2.09. The lowest BCUT2D eigenvalue weighted by Gasteiger charge is -2.15. The number of rotatable bonds is 4. The van der Waals surface area contributed by atoms with Gasteiger partial charge in [-0.15, -0.1) is 10.5 Å². The van der Waals surface area contributed by atoms with Crippen LogP contribution in [0.25, 0.3) is 22.3 Å². The lowest BCUT2D eigenvalue weighted by atomic mass is 9.96. The molecule has 0 aliphatic rings. The Morgan fingerprint density at radius 1 is 0.692 bits per heavy atom. The Labute approximate surface area is 152 Å². The van der Waals surface area contributed by atoms with Crippen LogP contribution in [0, 0.1) is 36.9 Å². The summed E-state index contributed by atoms with van der Waals surface area (Å²) < 4.78 is 10.2. The molecule has 0 aliphatic carbocycles. The van der Waals surface area contributed by atoms with Crippen molar-refractivity contribution in [1.29, 1.82) is 10.5 Å². The van der Waals surface area contributed by atoms with E-state index in [2.05, 4.69) is 12.1 Å². The second kappa shape index (κ2) is 7.42. The third-order valence-electron chi connectivity index (χ3n) is 4.24. The van der Waals surface area contributed by atoms with Crippen molar-refractivity contribution < 1.29 is 9.47 Å². The number of nitrogens with zero attached hydrogens (tertiary/aromatic N) is 2. The van der Waals surface area contributed by atoms with Gasteiger partial charge in [0.25, 0.3) is 12.5 Å². The van der Waals surface area contributed by atoms with Crippen LogP contribution in [0.5, 0.6) is 11.5 Å². The van der Waals surface area contributed by atoms with E-state index in [4.69, 9.17) is 20.0 Å². The standard InChI is InChI=1S/C22H16N2O2/c1-15-12-20(22(26-14-24)16(2)21(15)25-13-23)19-10-8-18(9-11-19)17-6-4-3-5-7-17/h3-12H,1-2H3. The first-order chi connectivity index (χ1) is 12.7. The van der Waals surface area contributed by atoms with Crippen LogP contribution in [0.3, 0.4) is 0 Å². The van der Waals surface area contributed by atoms with Gasteiger partial charge in [0, 0.05) is 11.1 Å². The molecular weight excluding hydrogens is 324 g/mol. The number of nitriles is 2. The fourth-order valence-corrected chi connectivity index (χ4v) is 3.02. The Bertz CT molecular complexity index is 1010. The first-order valence-corrected chi connectivity index (χ1v) is 8.07. The van der Waals surface area contributed by atoms with Gasteiger partial charge in [-0.3, -0.25) is 0 Å². The average Bonchev–Trinajstić information content (AvgIpc) is 2.68. The molecule has 4 heteroatoms. The summed E-state index contributed by atoms with van der Waals surface area (Å²) >= 11 is 0. The molecule has 0 saturated carbocycles. The average molecular weight is 340 g/mol. The van der Waals surface area contributed by atoms with Gasteiger partial charge in [-0.05, 0) is 42.2 Å². The second-order valence-corrected chi connectivity index (χ2v) is 5.85. The molecule has 4 nitrogen and oxygen atoms in total. The highest BCUT2D eigenvalue weighted by Crippen LogP contribution is 2.40. The number of hydrogen-bond acceptors (Lipinski definition) is 4. The zero-order valence-corrected chi connectivity index (χ0v) is 14.5. The molecule has 0 unspecified atom stereocenters. The van der Waals surface area contributed by atoms with Crippen LogP contribution in [0.4, 0.5) is 0 Å². The molecule has 0 amide bonds. The molecule has 0 spiro atoms. The summed E-state index contributed by atoms with van der Waals surface area (Å²) in [6.07, 6.45) is 3.40. The predicted octanol–water partition coefficient (Wildman–Crippen LogP) is 5.36. The Morgan fingerprint density at radius 2 is 1.23 bits per heavy atom. The maximum absolute atomic E-state index is 9.02. The normalized spacial score (nSPS) is 9.85. The molecule has 0 heterocycles. The fraction of sp³-hybridized carbons (Fsp3) is 0.0909. The van der Waals surface area contributed by atoms with E-state index in [0.717, 1.165) is 27.8 Å². The van der Waals surface area contributed by atoms with Crippen molar-refractivity contribution in [2.75, 3.05) is 0 Å². The van der Waals surface area contributed by atoms with Crippen LogP contribution in [-0.2, 0) is 0 Å². The van der Waals surface area contributed by atoms with E-state index < -0.39 is 0 Å². The highest BCUT2D eigenvalue weighted by Gasteiger charge is 2.18. The highest BCUT2D eigenvalue weighted by atomic mass is 16.5. The quantitative estimate of drug-likeness (QED) is 0.600. The summed E-state index contributed by atoms with van der Waals surface area (Å²) in [6.45, 7) is 3.63. The largest absolute Gasteiger partial charge is 0.387 e. The molecule has 26 heavy (non-hydrogen) atoms. The Kier molecular flexibility index (Phi) is 4.87. The van der Waals surface area contributed by atoms with Gasteiger partial charge in [0.15, 0.2) is 11.5 Å². The van der Waals surface area contributed by atoms with Crippen molar-refractivity contribution in [2.24, 2.45) is 0 Å². The van der Waals surface area contributed by atoms with Crippen LogP contribution < -0.4 is 9.47 Å². The van der Waals surface area contributed by atoms with Crippen molar-refractivity contribution in [3.05, 3.63) is 71.8 Å². The molecule has 126 valence electrons. The molecule has 0 saturated heterocycles. The van der Waals surface area contributed by atoms with E-state index in [1.807, 2.05) is 55.5 Å². The number of ether oxygens (including phenoxy) is 2. The molecule has 0 bridgehead atoms. The Hall–Kier alpha value is -3.76. The summed E-state index contributed by atoms with van der Waals surface area (Å²) in [7, 11) is 0. The van der Waals surface area contributed by atoms with Crippen LogP contribution >= 0.6 is 0 Å². The van der Waals surface area contributed by atoms with Gasteiger partial charge in [0.05, 0.1) is 0 Å². The lowest BCUT2D eigenvalue weighted by Crippen LogP contribution is -1.97. The summed E-state index contributed by atoms with van der Waals surface area (Å²) in [5.74, 6) is 0.818. The summed E-state index contributed by atoms with van der Waals surface area (Å²) in [6, 6.07) is 20.0. The van der Waals surface area contributed by atoms with Gasteiger partial charge in [-0.25, -0.2) is 0 Å². The predicted molar refractivity (Wildman–Crippen MR) is 99.3 cm³/mol.